The minimum atomic E-state index is -0.214. The second-order valence-corrected chi connectivity index (χ2v) is 6.76. The SMILES string of the molecule is O=C1COc2cc(C(=O)NCc3ccnc(OC4CCCC4)c3)ccc2N1. The van der Waals surface area contributed by atoms with Crippen LogP contribution in [0.2, 0.25) is 0 Å². The summed E-state index contributed by atoms with van der Waals surface area (Å²) in [5.74, 6) is 0.686. The van der Waals surface area contributed by atoms with Crippen molar-refractivity contribution in [3.8, 4) is 11.6 Å². The fourth-order valence-electron chi connectivity index (χ4n) is 3.30. The Bertz CT molecular complexity index is 862. The van der Waals surface area contributed by atoms with Gasteiger partial charge in [0, 0.05) is 24.4 Å². The maximum Gasteiger partial charge on any atom is 0.262 e. The lowest BCUT2D eigenvalue weighted by Crippen LogP contribution is -2.26. The van der Waals surface area contributed by atoms with E-state index in [-0.39, 0.29) is 24.5 Å². The Kier molecular flexibility index (Phi) is 4.91. The number of nitrogens with one attached hydrogen (secondary N) is 2. The Morgan fingerprint density at radius 1 is 1.26 bits per heavy atom. The number of carbonyl (C=O) groups is 2. The van der Waals surface area contributed by atoms with Gasteiger partial charge in [-0.25, -0.2) is 4.98 Å². The zero-order chi connectivity index (χ0) is 18.6. The van der Waals surface area contributed by atoms with Gasteiger partial charge in [-0.1, -0.05) is 0 Å². The van der Waals surface area contributed by atoms with Gasteiger partial charge in [0.2, 0.25) is 5.88 Å². The highest BCUT2D eigenvalue weighted by Crippen LogP contribution is 2.28. The highest BCUT2D eigenvalue weighted by Gasteiger charge is 2.18. The van der Waals surface area contributed by atoms with E-state index in [4.69, 9.17) is 9.47 Å². The average molecular weight is 367 g/mol. The van der Waals surface area contributed by atoms with Gasteiger partial charge in [-0.15, -0.1) is 0 Å². The van der Waals surface area contributed by atoms with Gasteiger partial charge in [0.05, 0.1) is 5.69 Å². The number of fused-ring (bicyclic) bond motifs is 1. The predicted molar refractivity (Wildman–Crippen MR) is 98.9 cm³/mol. The average Bonchev–Trinajstić information content (AvgIpc) is 3.19. The maximum absolute atomic E-state index is 12.4. The fourth-order valence-corrected chi connectivity index (χ4v) is 3.30. The molecule has 2 amide bonds. The molecule has 4 rings (SSSR count). The lowest BCUT2D eigenvalue weighted by molar-refractivity contribution is -0.118. The molecular formula is C20H21N3O4. The standard InChI is InChI=1S/C20H21N3O4/c24-18-12-26-17-10-14(5-6-16(17)23-18)20(25)22-11-13-7-8-21-19(9-13)27-15-3-1-2-4-15/h5-10,15H,1-4,11-12H2,(H,22,25)(H,23,24). The smallest absolute Gasteiger partial charge is 0.262 e. The van der Waals surface area contributed by atoms with Gasteiger partial charge < -0.3 is 20.1 Å². The number of benzene rings is 1. The fraction of sp³-hybridized carbons (Fsp3) is 0.350. The zero-order valence-electron chi connectivity index (χ0n) is 14.9. The Morgan fingerprint density at radius 2 is 2.11 bits per heavy atom. The molecule has 0 radical (unpaired) electrons. The van der Waals surface area contributed by atoms with Crippen molar-refractivity contribution in [1.29, 1.82) is 0 Å². The minimum absolute atomic E-state index is 0.0428. The second kappa shape index (κ2) is 7.65. The zero-order valence-corrected chi connectivity index (χ0v) is 14.9. The molecule has 0 unspecified atom stereocenters. The van der Waals surface area contributed by atoms with Crippen molar-refractivity contribution in [3.63, 3.8) is 0 Å². The molecule has 7 heteroatoms. The number of amides is 2. The summed E-state index contributed by atoms with van der Waals surface area (Å²) in [5, 5.41) is 5.59. The summed E-state index contributed by atoms with van der Waals surface area (Å²) in [6.07, 6.45) is 6.50. The van der Waals surface area contributed by atoms with Crippen LogP contribution >= 0.6 is 0 Å². The molecule has 2 N–H and O–H groups in total. The van der Waals surface area contributed by atoms with Crippen molar-refractivity contribution in [1.82, 2.24) is 10.3 Å². The van der Waals surface area contributed by atoms with Crippen LogP contribution in [0.15, 0.2) is 36.5 Å². The molecule has 1 aliphatic carbocycles. The molecule has 2 aromatic rings. The van der Waals surface area contributed by atoms with Gasteiger partial charge in [-0.2, -0.15) is 0 Å². The Morgan fingerprint density at radius 3 is 2.96 bits per heavy atom. The van der Waals surface area contributed by atoms with Crippen LogP contribution in [0.1, 0.15) is 41.6 Å². The first-order valence-electron chi connectivity index (χ1n) is 9.14. The van der Waals surface area contributed by atoms with E-state index in [1.165, 1.54) is 12.8 Å². The van der Waals surface area contributed by atoms with Crippen LogP contribution in [-0.2, 0) is 11.3 Å². The summed E-state index contributed by atoms with van der Waals surface area (Å²) in [6.45, 7) is 0.329. The van der Waals surface area contributed by atoms with Gasteiger partial charge in [-0.05, 0) is 55.5 Å². The number of rotatable bonds is 5. The molecule has 140 valence electrons. The second-order valence-electron chi connectivity index (χ2n) is 6.76. The van der Waals surface area contributed by atoms with Crippen molar-refractivity contribution in [2.75, 3.05) is 11.9 Å². The molecule has 2 heterocycles. The monoisotopic (exact) mass is 367 g/mol. The molecule has 1 aliphatic heterocycles. The summed E-state index contributed by atoms with van der Waals surface area (Å²) in [4.78, 5) is 28.0. The Hall–Kier alpha value is -3.09. The topological polar surface area (TPSA) is 89.6 Å². The van der Waals surface area contributed by atoms with Gasteiger partial charge in [0.25, 0.3) is 11.8 Å². The summed E-state index contributed by atoms with van der Waals surface area (Å²) in [6, 6.07) is 8.67. The van der Waals surface area contributed by atoms with Crippen LogP contribution in [0.4, 0.5) is 5.69 Å². The van der Waals surface area contributed by atoms with Crippen LogP contribution in [0.25, 0.3) is 0 Å². The van der Waals surface area contributed by atoms with Gasteiger partial charge in [0.1, 0.15) is 11.9 Å². The summed E-state index contributed by atoms with van der Waals surface area (Å²) >= 11 is 0. The molecule has 1 aromatic heterocycles. The summed E-state index contributed by atoms with van der Waals surface area (Å²) < 4.78 is 11.3. The van der Waals surface area contributed by atoms with E-state index in [1.807, 2.05) is 12.1 Å². The molecule has 7 nitrogen and oxygen atoms in total. The highest BCUT2D eigenvalue weighted by atomic mass is 16.5. The predicted octanol–water partition coefficient (Wildman–Crippen LogP) is 2.66. The first-order chi connectivity index (χ1) is 13.2. The molecule has 1 fully saturated rings. The van der Waals surface area contributed by atoms with E-state index < -0.39 is 0 Å². The van der Waals surface area contributed by atoms with E-state index in [0.29, 0.717) is 29.4 Å². The lowest BCUT2D eigenvalue weighted by atomic mass is 10.1. The van der Waals surface area contributed by atoms with Crippen LogP contribution in [0.3, 0.4) is 0 Å². The number of ether oxygens (including phenoxy) is 2. The number of hydrogen-bond acceptors (Lipinski definition) is 5. The maximum atomic E-state index is 12.4. The van der Waals surface area contributed by atoms with Gasteiger partial charge in [-0.3, -0.25) is 9.59 Å². The molecule has 2 aliphatic rings. The molecule has 0 saturated heterocycles. The molecule has 27 heavy (non-hydrogen) atoms. The number of anilines is 1. The largest absolute Gasteiger partial charge is 0.482 e. The molecule has 0 spiro atoms. The third kappa shape index (κ3) is 4.19. The van der Waals surface area contributed by atoms with Gasteiger partial charge >= 0.3 is 0 Å². The molecule has 0 atom stereocenters. The molecule has 0 bridgehead atoms. The van der Waals surface area contributed by atoms with Crippen molar-refractivity contribution < 1.29 is 19.1 Å². The first kappa shape index (κ1) is 17.3. The summed E-state index contributed by atoms with van der Waals surface area (Å²) in [7, 11) is 0. The van der Waals surface area contributed by atoms with Crippen molar-refractivity contribution in [2.45, 2.75) is 38.3 Å². The van der Waals surface area contributed by atoms with E-state index in [9.17, 15) is 9.59 Å². The number of nitrogens with zero attached hydrogens (tertiary/aromatic N) is 1. The Labute approximate surface area is 157 Å². The van der Waals surface area contributed by atoms with E-state index in [0.717, 1.165) is 18.4 Å². The van der Waals surface area contributed by atoms with E-state index in [2.05, 4.69) is 15.6 Å². The van der Waals surface area contributed by atoms with E-state index >= 15 is 0 Å². The van der Waals surface area contributed by atoms with Crippen LogP contribution in [0, 0.1) is 0 Å². The number of aromatic nitrogens is 1. The van der Waals surface area contributed by atoms with Crippen LogP contribution < -0.4 is 20.1 Å². The lowest BCUT2D eigenvalue weighted by Gasteiger charge is -2.18. The van der Waals surface area contributed by atoms with Crippen LogP contribution in [-0.4, -0.2) is 29.5 Å². The normalized spacial score (nSPS) is 16.2. The van der Waals surface area contributed by atoms with Crippen LogP contribution in [0.5, 0.6) is 11.6 Å². The van der Waals surface area contributed by atoms with E-state index in [1.54, 1.807) is 24.4 Å². The molecule has 1 saturated carbocycles. The third-order valence-corrected chi connectivity index (χ3v) is 4.72. The van der Waals surface area contributed by atoms with Gasteiger partial charge in [0.15, 0.2) is 6.61 Å². The number of pyridine rings is 1. The quantitative estimate of drug-likeness (QED) is 0.848. The summed E-state index contributed by atoms with van der Waals surface area (Å²) in [5.41, 5.74) is 1.97. The minimum Gasteiger partial charge on any atom is -0.482 e. The third-order valence-electron chi connectivity index (χ3n) is 4.72. The van der Waals surface area contributed by atoms with Crippen molar-refractivity contribution in [3.05, 3.63) is 47.7 Å². The number of hydrogen-bond donors (Lipinski definition) is 2. The molecule has 1 aromatic carbocycles. The highest BCUT2D eigenvalue weighted by molar-refractivity contribution is 5.98. The first-order valence-corrected chi connectivity index (χ1v) is 9.14. The van der Waals surface area contributed by atoms with Crippen molar-refractivity contribution >= 4 is 17.5 Å². The van der Waals surface area contributed by atoms with Crippen molar-refractivity contribution in [2.24, 2.45) is 0 Å². The number of carbonyl (C=O) groups excluding carboxylic acids is 2. The molecular weight excluding hydrogens is 346 g/mol. The Balaban J connectivity index is 1.37.